The fourth-order valence-corrected chi connectivity index (χ4v) is 4.08. The van der Waals surface area contributed by atoms with Gasteiger partial charge < -0.3 is 15.0 Å². The number of halogens is 1. The first kappa shape index (κ1) is 21.5. The molecule has 0 bridgehead atoms. The Balaban J connectivity index is 2.17. The number of nitrogens with one attached hydrogen (secondary N) is 2. The van der Waals surface area contributed by atoms with Crippen molar-refractivity contribution in [1.82, 2.24) is 9.97 Å². The van der Waals surface area contributed by atoms with Crippen LogP contribution in [-0.2, 0) is 9.53 Å². The van der Waals surface area contributed by atoms with Gasteiger partial charge in [0.05, 0.1) is 23.2 Å². The van der Waals surface area contributed by atoms with E-state index in [1.165, 1.54) is 11.8 Å². The Hall–Kier alpha value is -2.25. The molecule has 1 aliphatic heterocycles. The molecule has 0 fully saturated rings. The minimum atomic E-state index is -0.601. The first-order valence-corrected chi connectivity index (χ1v) is 10.9. The maximum Gasteiger partial charge on any atom is 0.337 e. The van der Waals surface area contributed by atoms with Gasteiger partial charge in [0, 0.05) is 16.5 Å². The number of aromatic nitrogens is 2. The minimum absolute atomic E-state index is 0.275. The number of hydrogen-bond acceptors (Lipinski definition) is 6. The highest BCUT2D eigenvalue weighted by atomic mass is 35.5. The monoisotopic (exact) mass is 433 g/mol. The third-order valence-electron chi connectivity index (χ3n) is 4.43. The van der Waals surface area contributed by atoms with Gasteiger partial charge in [0.25, 0.3) is 5.56 Å². The van der Waals surface area contributed by atoms with E-state index in [4.69, 9.17) is 16.3 Å². The molecule has 29 heavy (non-hydrogen) atoms. The van der Waals surface area contributed by atoms with Gasteiger partial charge in [-0.3, -0.25) is 4.79 Å². The van der Waals surface area contributed by atoms with Gasteiger partial charge in [0.1, 0.15) is 5.82 Å². The summed E-state index contributed by atoms with van der Waals surface area (Å²) >= 11 is 7.54. The lowest BCUT2D eigenvalue weighted by Crippen LogP contribution is -2.31. The fourth-order valence-electron chi connectivity index (χ4n) is 3.23. The molecule has 3 rings (SSSR count). The topological polar surface area (TPSA) is 84.1 Å². The van der Waals surface area contributed by atoms with Crippen LogP contribution in [0.15, 0.2) is 45.5 Å². The van der Waals surface area contributed by atoms with Crippen LogP contribution in [0.3, 0.4) is 0 Å². The van der Waals surface area contributed by atoms with Crippen LogP contribution in [-0.4, -0.2) is 27.8 Å². The summed E-state index contributed by atoms with van der Waals surface area (Å²) < 4.78 is 5.47. The summed E-state index contributed by atoms with van der Waals surface area (Å²) in [4.78, 5) is 33.4. The second kappa shape index (κ2) is 9.05. The predicted molar refractivity (Wildman–Crippen MR) is 117 cm³/mol. The minimum Gasteiger partial charge on any atom is -0.460 e. The van der Waals surface area contributed by atoms with Crippen molar-refractivity contribution in [3.8, 4) is 0 Å². The van der Waals surface area contributed by atoms with Crippen LogP contribution < -0.4 is 10.9 Å². The summed E-state index contributed by atoms with van der Waals surface area (Å²) in [6, 6.07) is 7.12. The molecule has 154 valence electrons. The van der Waals surface area contributed by atoms with Crippen LogP contribution in [0.25, 0.3) is 0 Å². The molecule has 0 unspecified atom stereocenters. The number of ether oxygens (including phenoxy) is 1. The molecular formula is C21H24ClN3O3S. The number of allylic oxidation sites excluding steroid dienone is 1. The maximum absolute atomic E-state index is 13.0. The van der Waals surface area contributed by atoms with Gasteiger partial charge in [-0.1, -0.05) is 42.4 Å². The number of benzene rings is 1. The zero-order valence-corrected chi connectivity index (χ0v) is 18.4. The molecule has 2 heterocycles. The number of thioether (sulfide) groups is 1. The van der Waals surface area contributed by atoms with Crippen molar-refractivity contribution in [2.45, 2.75) is 51.3 Å². The van der Waals surface area contributed by atoms with E-state index >= 15 is 0 Å². The molecule has 8 heteroatoms. The standard InChI is InChI=1S/C21H24ClN3O3S/c1-5-10-29-21-24-18-17(19(26)25-21)16(13-6-8-14(22)9-7-13)15(12(4)23-18)20(27)28-11(2)3/h6-9,11,16H,5,10H2,1-4H3,(H2,23,24,25,26)/t16-/m1/s1. The normalized spacial score (nSPS) is 15.9. The number of aromatic amines is 1. The molecule has 0 spiro atoms. The number of carbonyl (C=O) groups excluding carboxylic acids is 1. The Kier molecular flexibility index (Phi) is 6.70. The smallest absolute Gasteiger partial charge is 0.337 e. The number of nitrogens with zero attached hydrogens (tertiary/aromatic N) is 1. The van der Waals surface area contributed by atoms with E-state index in [-0.39, 0.29) is 11.7 Å². The van der Waals surface area contributed by atoms with Gasteiger partial charge in [-0.25, -0.2) is 9.78 Å². The SMILES string of the molecule is CCCSc1nc2c(c(=O)[nH]1)[C@H](c1ccc(Cl)cc1)C(C(=O)OC(C)C)=C(C)N2. The van der Waals surface area contributed by atoms with Crippen molar-refractivity contribution in [2.24, 2.45) is 0 Å². The third-order valence-corrected chi connectivity index (χ3v) is 5.76. The van der Waals surface area contributed by atoms with Crippen molar-refractivity contribution in [1.29, 1.82) is 0 Å². The molecule has 6 nitrogen and oxygen atoms in total. The zero-order chi connectivity index (χ0) is 21.1. The van der Waals surface area contributed by atoms with E-state index in [2.05, 4.69) is 22.2 Å². The lowest BCUT2D eigenvalue weighted by molar-refractivity contribution is -0.143. The highest BCUT2D eigenvalue weighted by Crippen LogP contribution is 2.40. The van der Waals surface area contributed by atoms with Crippen LogP contribution in [0.5, 0.6) is 0 Å². The number of H-pyrrole nitrogens is 1. The summed E-state index contributed by atoms with van der Waals surface area (Å²) in [5.74, 6) is 0.255. The first-order chi connectivity index (χ1) is 13.8. The highest BCUT2D eigenvalue weighted by molar-refractivity contribution is 7.99. The average molecular weight is 434 g/mol. The Morgan fingerprint density at radius 1 is 1.31 bits per heavy atom. The average Bonchev–Trinajstić information content (AvgIpc) is 2.65. The quantitative estimate of drug-likeness (QED) is 0.390. The maximum atomic E-state index is 13.0. The van der Waals surface area contributed by atoms with Crippen molar-refractivity contribution >= 4 is 35.1 Å². The molecular weight excluding hydrogens is 410 g/mol. The first-order valence-electron chi connectivity index (χ1n) is 9.53. The highest BCUT2D eigenvalue weighted by Gasteiger charge is 2.36. The van der Waals surface area contributed by atoms with Crippen LogP contribution in [0.2, 0.25) is 5.02 Å². The number of rotatable bonds is 6. The van der Waals surface area contributed by atoms with Gasteiger partial charge in [-0.2, -0.15) is 0 Å². The lowest BCUT2D eigenvalue weighted by Gasteiger charge is -2.29. The molecule has 2 N–H and O–H groups in total. The van der Waals surface area contributed by atoms with Crippen LogP contribution in [0.1, 0.15) is 51.2 Å². The van der Waals surface area contributed by atoms with Gasteiger partial charge in [0.15, 0.2) is 5.16 Å². The summed E-state index contributed by atoms with van der Waals surface area (Å²) in [5.41, 5.74) is 1.91. The van der Waals surface area contributed by atoms with Crippen molar-refractivity contribution in [2.75, 3.05) is 11.1 Å². The van der Waals surface area contributed by atoms with Crippen molar-refractivity contribution in [3.63, 3.8) is 0 Å². The van der Waals surface area contributed by atoms with E-state index in [1.54, 1.807) is 32.9 Å². The molecule has 1 aromatic carbocycles. The summed E-state index contributed by atoms with van der Waals surface area (Å²) in [6.07, 6.45) is 0.690. The van der Waals surface area contributed by atoms with Crippen LogP contribution in [0, 0.1) is 0 Å². The number of esters is 1. The second-order valence-corrected chi connectivity index (χ2v) is 8.60. The zero-order valence-electron chi connectivity index (χ0n) is 16.8. The molecule has 1 atom stereocenters. The molecule has 1 aliphatic rings. The number of anilines is 1. The largest absolute Gasteiger partial charge is 0.460 e. The third kappa shape index (κ3) is 4.67. The molecule has 0 radical (unpaired) electrons. The van der Waals surface area contributed by atoms with E-state index in [0.717, 1.165) is 17.7 Å². The molecule has 0 saturated heterocycles. The van der Waals surface area contributed by atoms with Crippen LogP contribution >= 0.6 is 23.4 Å². The Morgan fingerprint density at radius 2 is 2.00 bits per heavy atom. The summed E-state index contributed by atoms with van der Waals surface area (Å²) in [7, 11) is 0. The Bertz CT molecular complexity index is 999. The molecule has 1 aromatic heterocycles. The lowest BCUT2D eigenvalue weighted by atomic mass is 9.82. The number of carbonyl (C=O) groups is 1. The number of hydrogen-bond donors (Lipinski definition) is 2. The fraction of sp³-hybridized carbons (Fsp3) is 0.381. The van der Waals surface area contributed by atoms with Gasteiger partial charge in [-0.05, 0) is 44.9 Å². The van der Waals surface area contributed by atoms with E-state index in [1.807, 2.05) is 12.1 Å². The van der Waals surface area contributed by atoms with Crippen LogP contribution in [0.4, 0.5) is 5.82 Å². The van der Waals surface area contributed by atoms with E-state index in [9.17, 15) is 9.59 Å². The summed E-state index contributed by atoms with van der Waals surface area (Å²) in [5, 5.41) is 4.27. The second-order valence-electron chi connectivity index (χ2n) is 7.08. The Morgan fingerprint density at radius 3 is 2.62 bits per heavy atom. The van der Waals surface area contributed by atoms with Gasteiger partial charge >= 0.3 is 5.97 Å². The predicted octanol–water partition coefficient (Wildman–Crippen LogP) is 4.71. The molecule has 0 saturated carbocycles. The van der Waals surface area contributed by atoms with E-state index in [0.29, 0.717) is 32.8 Å². The number of fused-ring (bicyclic) bond motifs is 1. The summed E-state index contributed by atoms with van der Waals surface area (Å²) in [6.45, 7) is 7.45. The van der Waals surface area contributed by atoms with Gasteiger partial charge in [0.2, 0.25) is 0 Å². The molecule has 0 aliphatic carbocycles. The Labute approximate surface area is 179 Å². The molecule has 0 amide bonds. The molecule has 2 aromatic rings. The van der Waals surface area contributed by atoms with Gasteiger partial charge in [-0.15, -0.1) is 0 Å². The van der Waals surface area contributed by atoms with Crippen molar-refractivity contribution in [3.05, 3.63) is 62.0 Å². The van der Waals surface area contributed by atoms with Crippen molar-refractivity contribution < 1.29 is 9.53 Å². The van der Waals surface area contributed by atoms with E-state index < -0.39 is 11.9 Å².